The molecular formula is C23H21FN2O4S. The molecule has 0 fully saturated rings. The number of anilines is 1. The van der Waals surface area contributed by atoms with E-state index in [1.165, 1.54) is 31.4 Å². The summed E-state index contributed by atoms with van der Waals surface area (Å²) in [6.45, 7) is 0.0735. The lowest BCUT2D eigenvalue weighted by atomic mass is 10.2. The fourth-order valence-electron chi connectivity index (χ4n) is 2.69. The van der Waals surface area contributed by atoms with E-state index < -0.39 is 10.0 Å². The van der Waals surface area contributed by atoms with Crippen molar-refractivity contribution in [3.63, 3.8) is 0 Å². The van der Waals surface area contributed by atoms with Gasteiger partial charge in [0.25, 0.3) is 10.0 Å². The minimum Gasteiger partial charge on any atom is -0.497 e. The summed E-state index contributed by atoms with van der Waals surface area (Å²) >= 11 is 0. The lowest BCUT2D eigenvalue weighted by molar-refractivity contribution is -0.116. The van der Waals surface area contributed by atoms with Gasteiger partial charge in [0.1, 0.15) is 11.6 Å². The fourth-order valence-corrected chi connectivity index (χ4v) is 3.74. The van der Waals surface area contributed by atoms with Crippen molar-refractivity contribution in [3.8, 4) is 5.75 Å². The number of amides is 1. The van der Waals surface area contributed by atoms with Crippen molar-refractivity contribution in [1.29, 1.82) is 0 Å². The number of sulfonamides is 1. The first kappa shape index (κ1) is 22.0. The number of ether oxygens (including phenoxy) is 1. The number of carbonyl (C=O) groups is 1. The topological polar surface area (TPSA) is 84.5 Å². The molecule has 6 nitrogen and oxygen atoms in total. The summed E-state index contributed by atoms with van der Waals surface area (Å²) in [5, 5.41) is 2.60. The highest BCUT2D eigenvalue weighted by Crippen LogP contribution is 2.20. The summed E-state index contributed by atoms with van der Waals surface area (Å²) in [4.78, 5) is 12.0. The van der Waals surface area contributed by atoms with Gasteiger partial charge in [-0.3, -0.25) is 9.52 Å². The van der Waals surface area contributed by atoms with Crippen LogP contribution in [-0.2, 0) is 21.4 Å². The van der Waals surface area contributed by atoms with Crippen molar-refractivity contribution >= 4 is 27.7 Å². The highest BCUT2D eigenvalue weighted by atomic mass is 32.2. The van der Waals surface area contributed by atoms with Crippen LogP contribution in [0.15, 0.2) is 83.8 Å². The van der Waals surface area contributed by atoms with Gasteiger partial charge in [-0.2, -0.15) is 0 Å². The van der Waals surface area contributed by atoms with Gasteiger partial charge in [-0.25, -0.2) is 12.8 Å². The zero-order valence-corrected chi connectivity index (χ0v) is 17.5. The van der Waals surface area contributed by atoms with Crippen LogP contribution >= 0.6 is 0 Å². The van der Waals surface area contributed by atoms with Gasteiger partial charge in [0.2, 0.25) is 5.91 Å². The van der Waals surface area contributed by atoms with Crippen LogP contribution in [0.4, 0.5) is 10.1 Å². The molecule has 0 bridgehead atoms. The maximum Gasteiger partial charge on any atom is 0.261 e. The SMILES string of the molecule is COc1ccc(NS(=O)(=O)c2ccc(/C=C/C(=O)NCc3ccccc3F)cc2)cc1. The number of nitrogens with one attached hydrogen (secondary N) is 2. The number of carbonyl (C=O) groups excluding carboxylic acids is 1. The van der Waals surface area contributed by atoms with Crippen molar-refractivity contribution in [2.45, 2.75) is 11.4 Å². The quantitative estimate of drug-likeness (QED) is 0.519. The Kier molecular flexibility index (Phi) is 7.04. The van der Waals surface area contributed by atoms with Crippen LogP contribution in [0.2, 0.25) is 0 Å². The Morgan fingerprint density at radius 1 is 1.00 bits per heavy atom. The van der Waals surface area contributed by atoms with E-state index in [4.69, 9.17) is 4.74 Å². The number of halogens is 1. The molecule has 8 heteroatoms. The van der Waals surface area contributed by atoms with Crippen LogP contribution in [-0.4, -0.2) is 21.4 Å². The molecule has 0 aromatic heterocycles. The predicted octanol–water partition coefficient (Wildman–Crippen LogP) is 3.96. The molecule has 160 valence electrons. The third-order valence-electron chi connectivity index (χ3n) is 4.37. The van der Waals surface area contributed by atoms with Crippen LogP contribution in [0, 0.1) is 5.82 Å². The van der Waals surface area contributed by atoms with E-state index >= 15 is 0 Å². The molecule has 3 aromatic carbocycles. The van der Waals surface area contributed by atoms with Crippen molar-refractivity contribution in [3.05, 3.63) is 95.8 Å². The standard InChI is InChI=1S/C23H21FN2O4S/c1-30-20-11-9-19(10-12-20)26-31(28,29)21-13-6-17(7-14-21)8-15-23(27)25-16-18-4-2-3-5-22(18)24/h2-15,26H,16H2,1H3,(H,25,27)/b15-8+. The van der Waals surface area contributed by atoms with Crippen molar-refractivity contribution in [2.75, 3.05) is 11.8 Å². The first-order valence-corrected chi connectivity index (χ1v) is 10.8. The van der Waals surface area contributed by atoms with Crippen LogP contribution in [0.5, 0.6) is 5.75 Å². The van der Waals surface area contributed by atoms with Crippen LogP contribution in [0.1, 0.15) is 11.1 Å². The molecule has 0 radical (unpaired) electrons. The Hall–Kier alpha value is -3.65. The summed E-state index contributed by atoms with van der Waals surface area (Å²) in [5.41, 5.74) is 1.45. The Morgan fingerprint density at radius 2 is 1.68 bits per heavy atom. The minimum atomic E-state index is -3.75. The third-order valence-corrected chi connectivity index (χ3v) is 5.77. The first-order valence-electron chi connectivity index (χ1n) is 9.33. The molecule has 0 spiro atoms. The van der Waals surface area contributed by atoms with Gasteiger partial charge in [0.15, 0.2) is 0 Å². The van der Waals surface area contributed by atoms with Crippen LogP contribution in [0.25, 0.3) is 6.08 Å². The van der Waals surface area contributed by atoms with E-state index in [2.05, 4.69) is 10.0 Å². The maximum atomic E-state index is 13.6. The zero-order chi connectivity index (χ0) is 22.3. The highest BCUT2D eigenvalue weighted by Gasteiger charge is 2.14. The van der Waals surface area contributed by atoms with E-state index in [0.717, 1.165) is 0 Å². The van der Waals surface area contributed by atoms with Crippen molar-refractivity contribution < 1.29 is 22.3 Å². The summed E-state index contributed by atoms with van der Waals surface area (Å²) < 4.78 is 46.2. The molecule has 0 aliphatic rings. The Balaban J connectivity index is 1.59. The van der Waals surface area contributed by atoms with Crippen LogP contribution in [0.3, 0.4) is 0 Å². The fraction of sp³-hybridized carbons (Fsp3) is 0.0870. The maximum absolute atomic E-state index is 13.6. The second-order valence-corrected chi connectivity index (χ2v) is 8.23. The Bertz CT molecular complexity index is 1170. The lowest BCUT2D eigenvalue weighted by Gasteiger charge is -2.09. The number of hydrogen-bond acceptors (Lipinski definition) is 4. The summed E-state index contributed by atoms with van der Waals surface area (Å²) in [5.74, 6) is -0.148. The van der Waals surface area contributed by atoms with Crippen LogP contribution < -0.4 is 14.8 Å². The van der Waals surface area contributed by atoms with Gasteiger partial charge in [-0.05, 0) is 54.1 Å². The summed E-state index contributed by atoms with van der Waals surface area (Å²) in [7, 11) is -2.22. The molecule has 0 aliphatic heterocycles. The van der Waals surface area contributed by atoms with E-state index in [1.54, 1.807) is 60.7 Å². The van der Waals surface area contributed by atoms with E-state index in [0.29, 0.717) is 22.6 Å². The van der Waals surface area contributed by atoms with E-state index in [-0.39, 0.29) is 23.2 Å². The number of rotatable bonds is 8. The molecule has 2 N–H and O–H groups in total. The molecule has 0 saturated carbocycles. The zero-order valence-electron chi connectivity index (χ0n) is 16.7. The summed E-state index contributed by atoms with van der Waals surface area (Å²) in [6.07, 6.45) is 2.85. The normalized spacial score (nSPS) is 11.3. The first-order chi connectivity index (χ1) is 14.9. The molecule has 3 aromatic rings. The Labute approximate surface area is 180 Å². The molecule has 0 heterocycles. The lowest BCUT2D eigenvalue weighted by Crippen LogP contribution is -2.20. The summed E-state index contributed by atoms with van der Waals surface area (Å²) in [6, 6.07) is 18.8. The number of methoxy groups -OCH3 is 1. The average Bonchev–Trinajstić information content (AvgIpc) is 2.77. The minimum absolute atomic E-state index is 0.0735. The number of hydrogen-bond donors (Lipinski definition) is 2. The van der Waals surface area contributed by atoms with E-state index in [9.17, 15) is 17.6 Å². The van der Waals surface area contributed by atoms with Gasteiger partial charge in [-0.15, -0.1) is 0 Å². The van der Waals surface area contributed by atoms with E-state index in [1.807, 2.05) is 0 Å². The average molecular weight is 440 g/mol. The number of benzene rings is 3. The molecular weight excluding hydrogens is 419 g/mol. The predicted molar refractivity (Wildman–Crippen MR) is 118 cm³/mol. The monoisotopic (exact) mass is 440 g/mol. The van der Waals surface area contributed by atoms with Gasteiger partial charge < -0.3 is 10.1 Å². The molecule has 0 atom stereocenters. The van der Waals surface area contributed by atoms with Crippen molar-refractivity contribution in [2.24, 2.45) is 0 Å². The second-order valence-electron chi connectivity index (χ2n) is 6.55. The van der Waals surface area contributed by atoms with Gasteiger partial charge in [-0.1, -0.05) is 30.3 Å². The molecule has 3 rings (SSSR count). The Morgan fingerprint density at radius 3 is 2.32 bits per heavy atom. The van der Waals surface area contributed by atoms with Crippen molar-refractivity contribution in [1.82, 2.24) is 5.32 Å². The smallest absolute Gasteiger partial charge is 0.261 e. The second kappa shape index (κ2) is 9.90. The highest BCUT2D eigenvalue weighted by molar-refractivity contribution is 7.92. The largest absolute Gasteiger partial charge is 0.497 e. The van der Waals surface area contributed by atoms with Gasteiger partial charge in [0, 0.05) is 23.9 Å². The van der Waals surface area contributed by atoms with Gasteiger partial charge in [0.05, 0.1) is 12.0 Å². The molecule has 0 aliphatic carbocycles. The van der Waals surface area contributed by atoms with Gasteiger partial charge >= 0.3 is 0 Å². The third kappa shape index (κ3) is 6.16. The molecule has 0 unspecified atom stereocenters. The molecule has 0 saturated heterocycles. The molecule has 1 amide bonds. The molecule has 31 heavy (non-hydrogen) atoms.